The predicted molar refractivity (Wildman–Crippen MR) is 69.4 cm³/mol. The first-order valence-corrected chi connectivity index (χ1v) is 6.28. The fraction of sp³-hybridized carbons (Fsp3) is 0.429. The molecule has 0 spiro atoms. The van der Waals surface area contributed by atoms with E-state index in [1.54, 1.807) is 18.2 Å². The van der Waals surface area contributed by atoms with E-state index in [1.165, 1.54) is 0 Å². The van der Waals surface area contributed by atoms with Crippen LogP contribution in [0.1, 0.15) is 17.3 Å². The van der Waals surface area contributed by atoms with E-state index < -0.39 is 12.6 Å². The molecule has 0 fully saturated rings. The molecule has 0 saturated heterocycles. The zero-order chi connectivity index (χ0) is 14.5. The summed E-state index contributed by atoms with van der Waals surface area (Å²) in [5.74, 6) is 0.0108. The molecule has 20 heavy (non-hydrogen) atoms. The van der Waals surface area contributed by atoms with Gasteiger partial charge in [0.25, 0.3) is 0 Å². The first-order chi connectivity index (χ1) is 9.56. The molecule has 0 aliphatic carbocycles. The maximum absolute atomic E-state index is 11.8. The first kappa shape index (κ1) is 14.3. The van der Waals surface area contributed by atoms with Crippen LogP contribution in [-0.2, 0) is 9.53 Å². The Morgan fingerprint density at radius 2 is 1.95 bits per heavy atom. The highest BCUT2D eigenvalue weighted by atomic mass is 16.5. The Kier molecular flexibility index (Phi) is 4.57. The lowest BCUT2D eigenvalue weighted by atomic mass is 10.1. The van der Waals surface area contributed by atoms with Crippen molar-refractivity contribution >= 4 is 11.8 Å². The number of carbonyl (C=O) groups excluding carboxylic acids is 1. The Labute approximate surface area is 116 Å². The molecular weight excluding hydrogens is 264 g/mol. The molecule has 0 saturated carbocycles. The average molecular weight is 280 g/mol. The summed E-state index contributed by atoms with van der Waals surface area (Å²) in [6.45, 7) is 2.34. The van der Waals surface area contributed by atoms with Crippen molar-refractivity contribution in [3.63, 3.8) is 0 Å². The average Bonchev–Trinajstić information content (AvgIpc) is 2.60. The molecule has 0 amide bonds. The number of ether oxygens (including phenoxy) is 3. The third-order valence-corrected chi connectivity index (χ3v) is 2.77. The van der Waals surface area contributed by atoms with Crippen LogP contribution in [0.2, 0.25) is 0 Å². The number of rotatable bonds is 5. The quantitative estimate of drug-likeness (QED) is 0.820. The van der Waals surface area contributed by atoms with E-state index in [0.29, 0.717) is 30.3 Å². The molecule has 0 radical (unpaired) electrons. The first-order valence-electron chi connectivity index (χ1n) is 6.28. The maximum Gasteiger partial charge on any atom is 0.329 e. The van der Waals surface area contributed by atoms with Crippen LogP contribution in [0.15, 0.2) is 18.2 Å². The van der Waals surface area contributed by atoms with Gasteiger partial charge in [0, 0.05) is 11.5 Å². The van der Waals surface area contributed by atoms with Crippen LogP contribution in [0.3, 0.4) is 0 Å². The number of ketones is 1. The minimum Gasteiger partial charge on any atom is -0.489 e. The van der Waals surface area contributed by atoms with Crippen molar-refractivity contribution in [2.45, 2.75) is 6.92 Å². The normalized spacial score (nSPS) is 17.4. The van der Waals surface area contributed by atoms with Crippen LogP contribution in [0.25, 0.3) is 0 Å². The summed E-state index contributed by atoms with van der Waals surface area (Å²) in [6, 6.07) is 4.89. The molecule has 108 valence electrons. The Morgan fingerprint density at radius 3 is 2.65 bits per heavy atom. The molecule has 1 aromatic rings. The van der Waals surface area contributed by atoms with Crippen LogP contribution in [0.5, 0.6) is 11.5 Å². The SMILES string of the molecule is CC1COc2ccc(C(=O)COCC(=O)O)cc2OC1. The molecular formula is C14H16O6. The molecule has 1 atom stereocenters. The smallest absolute Gasteiger partial charge is 0.329 e. The van der Waals surface area contributed by atoms with E-state index in [4.69, 9.17) is 19.3 Å². The lowest BCUT2D eigenvalue weighted by Crippen LogP contribution is -2.14. The molecule has 0 aromatic heterocycles. The van der Waals surface area contributed by atoms with E-state index >= 15 is 0 Å². The van der Waals surface area contributed by atoms with E-state index in [0.717, 1.165) is 0 Å². The monoisotopic (exact) mass is 280 g/mol. The maximum atomic E-state index is 11.8. The van der Waals surface area contributed by atoms with Crippen molar-refractivity contribution in [1.29, 1.82) is 0 Å². The zero-order valence-electron chi connectivity index (χ0n) is 11.1. The summed E-state index contributed by atoms with van der Waals surface area (Å²) in [6.07, 6.45) is 0. The van der Waals surface area contributed by atoms with Gasteiger partial charge in [0.1, 0.15) is 13.2 Å². The molecule has 6 heteroatoms. The molecule has 1 unspecified atom stereocenters. The van der Waals surface area contributed by atoms with Gasteiger partial charge < -0.3 is 19.3 Å². The highest BCUT2D eigenvalue weighted by molar-refractivity contribution is 5.97. The number of benzene rings is 1. The lowest BCUT2D eigenvalue weighted by Gasteiger charge is -2.08. The summed E-state index contributed by atoms with van der Waals surface area (Å²) in [5, 5.41) is 8.44. The Bertz CT molecular complexity index is 510. The fourth-order valence-corrected chi connectivity index (χ4v) is 1.74. The third kappa shape index (κ3) is 3.71. The van der Waals surface area contributed by atoms with Crippen molar-refractivity contribution in [2.75, 3.05) is 26.4 Å². The van der Waals surface area contributed by atoms with E-state index in [-0.39, 0.29) is 18.3 Å². The highest BCUT2D eigenvalue weighted by Gasteiger charge is 2.17. The van der Waals surface area contributed by atoms with E-state index in [9.17, 15) is 9.59 Å². The zero-order valence-corrected chi connectivity index (χ0v) is 11.1. The molecule has 0 bridgehead atoms. The topological polar surface area (TPSA) is 82.1 Å². The van der Waals surface area contributed by atoms with Gasteiger partial charge in [-0.15, -0.1) is 0 Å². The van der Waals surface area contributed by atoms with Gasteiger partial charge in [-0.05, 0) is 18.2 Å². The second-order valence-corrected chi connectivity index (χ2v) is 4.70. The summed E-state index contributed by atoms with van der Waals surface area (Å²) in [5.41, 5.74) is 0.410. The molecule has 1 aromatic carbocycles. The molecule has 1 aliphatic heterocycles. The summed E-state index contributed by atoms with van der Waals surface area (Å²) >= 11 is 0. The van der Waals surface area contributed by atoms with Gasteiger partial charge in [-0.25, -0.2) is 4.79 Å². The Balaban J connectivity index is 2.03. The van der Waals surface area contributed by atoms with Crippen LogP contribution in [0.4, 0.5) is 0 Å². The number of aliphatic carboxylic acids is 1. The molecule has 1 N–H and O–H groups in total. The van der Waals surface area contributed by atoms with E-state index in [1.807, 2.05) is 6.92 Å². The number of carbonyl (C=O) groups is 2. The fourth-order valence-electron chi connectivity index (χ4n) is 1.74. The number of carboxylic acid groups (broad SMARTS) is 1. The van der Waals surface area contributed by atoms with Gasteiger partial charge in [-0.3, -0.25) is 4.79 Å². The summed E-state index contributed by atoms with van der Waals surface area (Å²) in [7, 11) is 0. The standard InChI is InChI=1S/C14H16O6/c1-9-5-19-12-3-2-10(4-13(12)20-6-9)11(15)7-18-8-14(16)17/h2-4,9H,5-8H2,1H3,(H,16,17). The predicted octanol–water partition coefficient (Wildman–Crippen LogP) is 1.38. The molecule has 1 aliphatic rings. The molecule has 6 nitrogen and oxygen atoms in total. The number of hydrogen-bond acceptors (Lipinski definition) is 5. The molecule has 2 rings (SSSR count). The summed E-state index contributed by atoms with van der Waals surface area (Å²) in [4.78, 5) is 22.2. The lowest BCUT2D eigenvalue weighted by molar-refractivity contribution is -0.141. The third-order valence-electron chi connectivity index (χ3n) is 2.77. The minimum absolute atomic E-state index is 0.275. The van der Waals surface area contributed by atoms with Crippen LogP contribution in [-0.4, -0.2) is 43.3 Å². The Hall–Kier alpha value is -2.08. The Morgan fingerprint density at radius 1 is 1.25 bits per heavy atom. The number of carboxylic acids is 1. The van der Waals surface area contributed by atoms with Gasteiger partial charge in [0.2, 0.25) is 0 Å². The largest absolute Gasteiger partial charge is 0.489 e. The van der Waals surface area contributed by atoms with Gasteiger partial charge in [-0.2, -0.15) is 0 Å². The van der Waals surface area contributed by atoms with Crippen LogP contribution in [0, 0.1) is 5.92 Å². The van der Waals surface area contributed by atoms with Crippen molar-refractivity contribution in [2.24, 2.45) is 5.92 Å². The van der Waals surface area contributed by atoms with Gasteiger partial charge in [0.05, 0.1) is 13.2 Å². The van der Waals surface area contributed by atoms with Gasteiger partial charge in [-0.1, -0.05) is 6.92 Å². The van der Waals surface area contributed by atoms with E-state index in [2.05, 4.69) is 0 Å². The van der Waals surface area contributed by atoms with Crippen molar-refractivity contribution in [1.82, 2.24) is 0 Å². The summed E-state index contributed by atoms with van der Waals surface area (Å²) < 4.78 is 15.9. The van der Waals surface area contributed by atoms with Crippen LogP contribution >= 0.6 is 0 Å². The number of hydrogen-bond donors (Lipinski definition) is 1. The highest BCUT2D eigenvalue weighted by Crippen LogP contribution is 2.31. The van der Waals surface area contributed by atoms with Crippen molar-refractivity contribution < 1.29 is 28.9 Å². The molecule has 1 heterocycles. The van der Waals surface area contributed by atoms with Gasteiger partial charge >= 0.3 is 5.97 Å². The number of fused-ring (bicyclic) bond motifs is 1. The van der Waals surface area contributed by atoms with Crippen LogP contribution < -0.4 is 9.47 Å². The number of Topliss-reactive ketones (excluding diaryl/α,β-unsaturated/α-hetero) is 1. The second kappa shape index (κ2) is 6.38. The minimum atomic E-state index is -1.11. The van der Waals surface area contributed by atoms with Crippen molar-refractivity contribution in [3.05, 3.63) is 23.8 Å². The van der Waals surface area contributed by atoms with Gasteiger partial charge in [0.15, 0.2) is 17.3 Å². The van der Waals surface area contributed by atoms with Crippen molar-refractivity contribution in [3.8, 4) is 11.5 Å². The second-order valence-electron chi connectivity index (χ2n) is 4.70.